The van der Waals surface area contributed by atoms with Crippen molar-refractivity contribution in [2.24, 2.45) is 11.0 Å². The maximum absolute atomic E-state index is 12.4. The van der Waals surface area contributed by atoms with Crippen molar-refractivity contribution in [1.29, 1.82) is 0 Å². The van der Waals surface area contributed by atoms with Crippen LogP contribution in [0.25, 0.3) is 0 Å². The van der Waals surface area contributed by atoms with Gasteiger partial charge in [-0.3, -0.25) is 14.6 Å². The largest absolute Gasteiger partial charge is 0.382 e. The molecule has 3 atom stereocenters. The SMILES string of the molecule is C/C=N\N(C)c1ccc(C(C)NC(=O)C(O)C(C)C(=O)N(C)CCC)cc1. The van der Waals surface area contributed by atoms with Crippen molar-refractivity contribution in [1.82, 2.24) is 10.2 Å². The number of carbonyl (C=O) groups is 2. The molecule has 3 unspecified atom stereocenters. The van der Waals surface area contributed by atoms with E-state index < -0.39 is 17.9 Å². The van der Waals surface area contributed by atoms with E-state index in [9.17, 15) is 14.7 Å². The van der Waals surface area contributed by atoms with Crippen molar-refractivity contribution in [2.45, 2.75) is 46.3 Å². The van der Waals surface area contributed by atoms with Crippen LogP contribution in [0.4, 0.5) is 5.69 Å². The van der Waals surface area contributed by atoms with Crippen LogP contribution in [-0.4, -0.2) is 54.8 Å². The highest BCUT2D eigenvalue weighted by Gasteiger charge is 2.30. The van der Waals surface area contributed by atoms with E-state index in [0.29, 0.717) is 6.54 Å². The fraction of sp³-hybridized carbons (Fsp3) is 0.550. The molecule has 0 heterocycles. The van der Waals surface area contributed by atoms with E-state index in [4.69, 9.17) is 0 Å². The van der Waals surface area contributed by atoms with Gasteiger partial charge in [0.2, 0.25) is 11.8 Å². The average molecular weight is 377 g/mol. The fourth-order valence-electron chi connectivity index (χ4n) is 2.76. The van der Waals surface area contributed by atoms with E-state index >= 15 is 0 Å². The zero-order valence-electron chi connectivity index (χ0n) is 17.1. The zero-order valence-corrected chi connectivity index (χ0v) is 17.1. The molecule has 1 rings (SSSR count). The first-order valence-electron chi connectivity index (χ1n) is 9.28. The fourth-order valence-corrected chi connectivity index (χ4v) is 2.76. The number of rotatable bonds is 9. The highest BCUT2D eigenvalue weighted by atomic mass is 16.3. The third kappa shape index (κ3) is 6.36. The molecule has 0 spiro atoms. The van der Waals surface area contributed by atoms with Gasteiger partial charge < -0.3 is 15.3 Å². The van der Waals surface area contributed by atoms with Crippen molar-refractivity contribution in [3.05, 3.63) is 29.8 Å². The second-order valence-corrected chi connectivity index (χ2v) is 6.71. The predicted octanol–water partition coefficient (Wildman–Crippen LogP) is 2.17. The lowest BCUT2D eigenvalue weighted by Crippen LogP contribution is -2.45. The molecule has 7 heteroatoms. The number of anilines is 1. The normalized spacial score (nSPS) is 14.5. The van der Waals surface area contributed by atoms with Crippen LogP contribution in [0.1, 0.15) is 45.7 Å². The summed E-state index contributed by atoms with van der Waals surface area (Å²) in [6.07, 6.45) is 1.14. The molecule has 0 aliphatic heterocycles. The number of hydrogen-bond donors (Lipinski definition) is 2. The topological polar surface area (TPSA) is 85.2 Å². The third-order valence-electron chi connectivity index (χ3n) is 4.48. The second-order valence-electron chi connectivity index (χ2n) is 6.71. The molecule has 7 nitrogen and oxygen atoms in total. The molecule has 2 amide bonds. The van der Waals surface area contributed by atoms with Gasteiger partial charge in [-0.2, -0.15) is 5.10 Å². The molecule has 27 heavy (non-hydrogen) atoms. The number of carbonyl (C=O) groups excluding carboxylic acids is 2. The Bertz CT molecular complexity index is 645. The minimum atomic E-state index is -1.39. The van der Waals surface area contributed by atoms with Crippen LogP contribution in [0.5, 0.6) is 0 Å². The minimum Gasteiger partial charge on any atom is -0.382 e. The maximum atomic E-state index is 12.4. The number of hydrogen-bond acceptors (Lipinski definition) is 5. The lowest BCUT2D eigenvalue weighted by Gasteiger charge is -2.25. The average Bonchev–Trinajstić information content (AvgIpc) is 2.66. The van der Waals surface area contributed by atoms with Gasteiger partial charge in [0, 0.05) is 26.9 Å². The van der Waals surface area contributed by atoms with Gasteiger partial charge in [-0.05, 0) is 38.0 Å². The van der Waals surface area contributed by atoms with Gasteiger partial charge in [-0.1, -0.05) is 26.0 Å². The minimum absolute atomic E-state index is 0.240. The number of aliphatic hydroxyl groups excluding tert-OH is 1. The van der Waals surface area contributed by atoms with Crippen LogP contribution < -0.4 is 10.3 Å². The number of hydrazone groups is 1. The van der Waals surface area contributed by atoms with Gasteiger partial charge in [0.05, 0.1) is 17.6 Å². The Morgan fingerprint density at radius 1 is 1.22 bits per heavy atom. The van der Waals surface area contributed by atoms with Gasteiger partial charge >= 0.3 is 0 Å². The molecule has 0 fully saturated rings. The van der Waals surface area contributed by atoms with Gasteiger partial charge in [-0.15, -0.1) is 0 Å². The summed E-state index contributed by atoms with van der Waals surface area (Å²) < 4.78 is 0. The first-order valence-corrected chi connectivity index (χ1v) is 9.28. The molecule has 0 radical (unpaired) electrons. The molecule has 0 bridgehead atoms. The highest BCUT2D eigenvalue weighted by molar-refractivity contribution is 5.89. The Hall–Kier alpha value is -2.41. The van der Waals surface area contributed by atoms with E-state index in [1.165, 1.54) is 0 Å². The summed E-state index contributed by atoms with van der Waals surface area (Å²) in [5.74, 6) is -1.59. The molecule has 0 aliphatic rings. The van der Waals surface area contributed by atoms with Gasteiger partial charge in [0.25, 0.3) is 0 Å². The molecular formula is C20H32N4O3. The number of nitrogens with one attached hydrogen (secondary N) is 1. The molecule has 0 saturated carbocycles. The monoisotopic (exact) mass is 376 g/mol. The molecule has 150 valence electrons. The Balaban J connectivity index is 2.71. The Labute approximate surface area is 162 Å². The lowest BCUT2D eigenvalue weighted by atomic mass is 10.0. The summed E-state index contributed by atoms with van der Waals surface area (Å²) >= 11 is 0. The van der Waals surface area contributed by atoms with Crippen molar-refractivity contribution >= 4 is 23.7 Å². The standard InChI is InChI=1S/C20H32N4O3/c1-7-13-23(5)20(27)14(3)18(25)19(26)22-15(4)16-9-11-17(12-10-16)24(6)21-8-2/h8-12,14-15,18,25H,7,13H2,1-6H3,(H,22,26)/b21-8-. The van der Waals surface area contributed by atoms with E-state index in [1.54, 1.807) is 30.1 Å². The Morgan fingerprint density at radius 3 is 2.33 bits per heavy atom. The number of nitrogens with zero attached hydrogens (tertiary/aromatic N) is 3. The van der Waals surface area contributed by atoms with Crippen LogP contribution in [0.2, 0.25) is 0 Å². The van der Waals surface area contributed by atoms with Crippen LogP contribution >= 0.6 is 0 Å². The first-order chi connectivity index (χ1) is 12.7. The Kier molecular flexibility index (Phi) is 8.94. The maximum Gasteiger partial charge on any atom is 0.250 e. The molecule has 1 aromatic carbocycles. The molecule has 2 N–H and O–H groups in total. The van der Waals surface area contributed by atoms with Crippen LogP contribution in [0.3, 0.4) is 0 Å². The quantitative estimate of drug-likeness (QED) is 0.511. The summed E-state index contributed by atoms with van der Waals surface area (Å²) in [6.45, 7) is 7.82. The van der Waals surface area contributed by atoms with E-state index in [0.717, 1.165) is 17.7 Å². The molecule has 1 aromatic rings. The molecular weight excluding hydrogens is 344 g/mol. The number of aliphatic hydroxyl groups is 1. The lowest BCUT2D eigenvalue weighted by molar-refractivity contribution is -0.144. The zero-order chi connectivity index (χ0) is 20.6. The van der Waals surface area contributed by atoms with Crippen molar-refractivity contribution in [3.8, 4) is 0 Å². The van der Waals surface area contributed by atoms with Crippen molar-refractivity contribution in [2.75, 3.05) is 25.6 Å². The molecule has 0 saturated heterocycles. The van der Waals surface area contributed by atoms with E-state index in [1.807, 2.05) is 52.1 Å². The Morgan fingerprint density at radius 2 is 1.81 bits per heavy atom. The number of benzene rings is 1. The van der Waals surface area contributed by atoms with Crippen molar-refractivity contribution in [3.63, 3.8) is 0 Å². The first kappa shape index (κ1) is 22.6. The summed E-state index contributed by atoms with van der Waals surface area (Å²) in [5.41, 5.74) is 1.82. The summed E-state index contributed by atoms with van der Waals surface area (Å²) in [5, 5.41) is 19.0. The van der Waals surface area contributed by atoms with Crippen LogP contribution in [-0.2, 0) is 9.59 Å². The summed E-state index contributed by atoms with van der Waals surface area (Å²) in [7, 11) is 3.53. The summed E-state index contributed by atoms with van der Waals surface area (Å²) in [4.78, 5) is 26.2. The third-order valence-corrected chi connectivity index (χ3v) is 4.48. The summed E-state index contributed by atoms with van der Waals surface area (Å²) in [6, 6.07) is 7.33. The van der Waals surface area contributed by atoms with Crippen LogP contribution in [0.15, 0.2) is 29.4 Å². The predicted molar refractivity (Wildman–Crippen MR) is 109 cm³/mol. The van der Waals surface area contributed by atoms with E-state index in [-0.39, 0.29) is 11.9 Å². The van der Waals surface area contributed by atoms with E-state index in [2.05, 4.69) is 10.4 Å². The van der Waals surface area contributed by atoms with Crippen LogP contribution in [0, 0.1) is 5.92 Å². The van der Waals surface area contributed by atoms with Gasteiger partial charge in [0.15, 0.2) is 0 Å². The van der Waals surface area contributed by atoms with Gasteiger partial charge in [-0.25, -0.2) is 0 Å². The number of amides is 2. The van der Waals surface area contributed by atoms with Gasteiger partial charge in [0.1, 0.15) is 6.10 Å². The van der Waals surface area contributed by atoms with Crippen molar-refractivity contribution < 1.29 is 14.7 Å². The second kappa shape index (κ2) is 10.7. The molecule has 0 aromatic heterocycles. The smallest absolute Gasteiger partial charge is 0.250 e. The highest BCUT2D eigenvalue weighted by Crippen LogP contribution is 2.19. The molecule has 0 aliphatic carbocycles.